The predicted molar refractivity (Wildman–Crippen MR) is 104 cm³/mol. The summed E-state index contributed by atoms with van der Waals surface area (Å²) >= 11 is 0. The Balaban J connectivity index is 1.92. The van der Waals surface area contributed by atoms with Crippen molar-refractivity contribution in [1.29, 1.82) is 0 Å². The Bertz CT molecular complexity index is 1190. The van der Waals surface area contributed by atoms with Crippen LogP contribution in [0.1, 0.15) is 16.1 Å². The van der Waals surface area contributed by atoms with E-state index in [2.05, 4.69) is 9.72 Å². The fourth-order valence-corrected chi connectivity index (χ4v) is 3.74. The van der Waals surface area contributed by atoms with Gasteiger partial charge in [0.1, 0.15) is 0 Å². The minimum Gasteiger partial charge on any atom is -0.493 e. The number of alkyl halides is 2. The Morgan fingerprint density at radius 1 is 1.23 bits per heavy atom. The molecule has 0 bridgehead atoms. The Hall–Kier alpha value is -3.21. The van der Waals surface area contributed by atoms with Crippen molar-refractivity contribution in [2.45, 2.75) is 18.3 Å². The van der Waals surface area contributed by atoms with Gasteiger partial charge in [0.25, 0.3) is 5.91 Å². The highest BCUT2D eigenvalue weighted by Gasteiger charge is 2.25. The minimum atomic E-state index is -3.67. The van der Waals surface area contributed by atoms with Crippen LogP contribution in [0.4, 0.5) is 8.78 Å². The van der Waals surface area contributed by atoms with Crippen molar-refractivity contribution in [3.63, 3.8) is 0 Å². The van der Waals surface area contributed by atoms with E-state index in [0.717, 1.165) is 6.26 Å². The number of hydrogen-bond acceptors (Lipinski definition) is 6. The number of sulfone groups is 1. The van der Waals surface area contributed by atoms with E-state index in [1.54, 1.807) is 24.3 Å². The molecule has 11 heteroatoms. The average Bonchev–Trinajstić information content (AvgIpc) is 3.07. The first-order valence-electron chi connectivity index (χ1n) is 8.66. The van der Waals surface area contributed by atoms with Crippen LogP contribution in [0.2, 0.25) is 0 Å². The monoisotopic (exact) mass is 439 g/mol. The van der Waals surface area contributed by atoms with Gasteiger partial charge in [0, 0.05) is 26.0 Å². The van der Waals surface area contributed by atoms with Gasteiger partial charge in [-0.3, -0.25) is 9.20 Å². The summed E-state index contributed by atoms with van der Waals surface area (Å²) in [6, 6.07) is 9.29. The van der Waals surface area contributed by atoms with Crippen LogP contribution in [-0.2, 0) is 16.4 Å². The second-order valence-corrected chi connectivity index (χ2v) is 8.41. The molecule has 0 spiro atoms. The van der Waals surface area contributed by atoms with E-state index in [-0.39, 0.29) is 28.9 Å². The molecule has 30 heavy (non-hydrogen) atoms. The maximum absolute atomic E-state index is 13.0. The molecule has 160 valence electrons. The maximum Gasteiger partial charge on any atom is 0.387 e. The predicted octanol–water partition coefficient (Wildman–Crippen LogP) is 2.62. The fourth-order valence-electron chi connectivity index (χ4n) is 2.96. The third-order valence-electron chi connectivity index (χ3n) is 4.26. The Labute approximate surface area is 171 Å². The molecular formula is C19H19F2N3O5S. The van der Waals surface area contributed by atoms with Crippen LogP contribution >= 0.6 is 0 Å². The van der Waals surface area contributed by atoms with Crippen LogP contribution < -0.4 is 9.47 Å². The summed E-state index contributed by atoms with van der Waals surface area (Å²) in [6.07, 6.45) is 2.52. The molecule has 1 aromatic carbocycles. The lowest BCUT2D eigenvalue weighted by molar-refractivity contribution is -0.0512. The molecule has 3 aromatic rings. The number of carbonyl (C=O) groups is 1. The standard InChI is InChI=1S/C19H19F2N3O5S/c1-23(11-12-7-8-14(28-2)15(10-12)29-18(20)21)17(25)16-13-6-4-5-9-24(13)19(22-16)30(3,26)27/h4-10,18H,11H2,1-3H3. The van der Waals surface area contributed by atoms with Crippen molar-refractivity contribution in [1.82, 2.24) is 14.3 Å². The van der Waals surface area contributed by atoms with Gasteiger partial charge in [-0.1, -0.05) is 12.1 Å². The molecule has 0 unspecified atom stereocenters. The van der Waals surface area contributed by atoms with Crippen LogP contribution in [0.3, 0.4) is 0 Å². The van der Waals surface area contributed by atoms with Crippen LogP contribution in [-0.4, -0.2) is 55.6 Å². The number of nitrogens with zero attached hydrogens (tertiary/aromatic N) is 3. The second kappa shape index (κ2) is 8.27. The van der Waals surface area contributed by atoms with Crippen molar-refractivity contribution in [3.8, 4) is 11.5 Å². The zero-order valence-corrected chi connectivity index (χ0v) is 17.2. The quantitative estimate of drug-likeness (QED) is 0.562. The minimum absolute atomic E-state index is 0.0314. The molecule has 0 N–H and O–H groups in total. The lowest BCUT2D eigenvalue weighted by atomic mass is 10.2. The molecule has 0 atom stereocenters. The summed E-state index contributed by atoms with van der Waals surface area (Å²) in [7, 11) is -0.852. The third kappa shape index (κ3) is 4.35. The Morgan fingerprint density at radius 3 is 2.60 bits per heavy atom. The van der Waals surface area contributed by atoms with Gasteiger partial charge < -0.3 is 14.4 Å². The smallest absolute Gasteiger partial charge is 0.387 e. The van der Waals surface area contributed by atoms with Crippen LogP contribution in [0, 0.1) is 0 Å². The average molecular weight is 439 g/mol. The summed E-state index contributed by atoms with van der Waals surface area (Å²) in [6.45, 7) is -2.98. The number of imidazole rings is 1. The van der Waals surface area contributed by atoms with Crippen molar-refractivity contribution < 1.29 is 31.5 Å². The molecule has 0 aliphatic rings. The SMILES string of the molecule is COc1ccc(CN(C)C(=O)c2nc(S(C)(=O)=O)n3ccccc23)cc1OC(F)F. The van der Waals surface area contributed by atoms with Gasteiger partial charge in [0.15, 0.2) is 17.2 Å². The molecule has 2 aromatic heterocycles. The highest BCUT2D eigenvalue weighted by molar-refractivity contribution is 7.90. The maximum atomic E-state index is 13.0. The summed E-state index contributed by atoms with van der Waals surface area (Å²) < 4.78 is 60.1. The molecule has 0 fully saturated rings. The number of hydrogen-bond donors (Lipinski definition) is 0. The zero-order chi connectivity index (χ0) is 22.1. The van der Waals surface area contributed by atoms with Gasteiger partial charge >= 0.3 is 6.61 Å². The topological polar surface area (TPSA) is 90.2 Å². The highest BCUT2D eigenvalue weighted by atomic mass is 32.2. The number of methoxy groups -OCH3 is 1. The van der Waals surface area contributed by atoms with Crippen molar-refractivity contribution >= 4 is 21.3 Å². The number of benzene rings is 1. The van der Waals surface area contributed by atoms with E-state index in [4.69, 9.17) is 4.74 Å². The molecular weight excluding hydrogens is 420 g/mol. The molecule has 0 aliphatic carbocycles. The first-order chi connectivity index (χ1) is 14.1. The number of rotatable bonds is 7. The van der Waals surface area contributed by atoms with Crippen LogP contribution in [0.5, 0.6) is 11.5 Å². The Kier molecular flexibility index (Phi) is 5.92. The number of amides is 1. The number of pyridine rings is 1. The van der Waals surface area contributed by atoms with E-state index in [1.807, 2.05) is 0 Å². The van der Waals surface area contributed by atoms with Gasteiger partial charge in [-0.2, -0.15) is 8.78 Å². The molecule has 2 heterocycles. The third-order valence-corrected chi connectivity index (χ3v) is 5.21. The van der Waals surface area contributed by atoms with E-state index in [9.17, 15) is 22.0 Å². The molecule has 0 saturated heterocycles. The van der Waals surface area contributed by atoms with Crippen LogP contribution in [0.15, 0.2) is 47.8 Å². The van der Waals surface area contributed by atoms with Gasteiger partial charge in [0.05, 0.1) is 12.6 Å². The first kappa shape index (κ1) is 21.5. The second-order valence-electron chi connectivity index (χ2n) is 6.50. The molecule has 1 amide bonds. The first-order valence-corrected chi connectivity index (χ1v) is 10.5. The largest absolute Gasteiger partial charge is 0.493 e. The van der Waals surface area contributed by atoms with Gasteiger partial charge in [-0.05, 0) is 29.8 Å². The fraction of sp³-hybridized carbons (Fsp3) is 0.263. The van der Waals surface area contributed by atoms with Gasteiger partial charge in [0.2, 0.25) is 15.0 Å². The lowest BCUT2D eigenvalue weighted by Gasteiger charge is -2.18. The Morgan fingerprint density at radius 2 is 1.97 bits per heavy atom. The van der Waals surface area contributed by atoms with Crippen molar-refractivity contribution in [2.75, 3.05) is 20.4 Å². The lowest BCUT2D eigenvalue weighted by Crippen LogP contribution is -2.26. The molecule has 0 saturated carbocycles. The summed E-state index contributed by atoms with van der Waals surface area (Å²) in [5.74, 6) is -0.552. The highest BCUT2D eigenvalue weighted by Crippen LogP contribution is 2.30. The number of carbonyl (C=O) groups excluding carboxylic acids is 1. The van der Waals surface area contributed by atoms with E-state index in [0.29, 0.717) is 11.1 Å². The zero-order valence-electron chi connectivity index (χ0n) is 16.4. The molecule has 3 rings (SSSR count). The summed E-state index contributed by atoms with van der Waals surface area (Å²) in [5.41, 5.74) is 0.816. The number of aromatic nitrogens is 2. The van der Waals surface area contributed by atoms with E-state index in [1.165, 1.54) is 41.8 Å². The van der Waals surface area contributed by atoms with E-state index >= 15 is 0 Å². The van der Waals surface area contributed by atoms with E-state index < -0.39 is 22.4 Å². The normalized spacial score (nSPS) is 11.7. The number of fused-ring (bicyclic) bond motifs is 1. The van der Waals surface area contributed by atoms with Crippen LogP contribution in [0.25, 0.3) is 5.52 Å². The molecule has 0 aliphatic heterocycles. The van der Waals surface area contributed by atoms with Gasteiger partial charge in [-0.15, -0.1) is 0 Å². The number of halogens is 2. The van der Waals surface area contributed by atoms with Crippen molar-refractivity contribution in [2.24, 2.45) is 0 Å². The summed E-state index contributed by atoms with van der Waals surface area (Å²) in [5, 5.41) is -0.244. The van der Waals surface area contributed by atoms with Gasteiger partial charge in [-0.25, -0.2) is 13.4 Å². The molecule has 0 radical (unpaired) electrons. The van der Waals surface area contributed by atoms with Crippen molar-refractivity contribution in [3.05, 3.63) is 53.9 Å². The number of ether oxygens (including phenoxy) is 2. The molecule has 8 nitrogen and oxygen atoms in total. The summed E-state index contributed by atoms with van der Waals surface area (Å²) in [4.78, 5) is 18.3.